The first-order chi connectivity index (χ1) is 13.4. The first-order valence-electron chi connectivity index (χ1n) is 8.98. The number of ether oxygens (including phenoxy) is 3. The molecule has 1 N–H and O–H groups in total. The van der Waals surface area contributed by atoms with Gasteiger partial charge in [-0.1, -0.05) is 23.8 Å². The second kappa shape index (κ2) is 9.01. The molecule has 1 aliphatic rings. The highest BCUT2D eigenvalue weighted by Gasteiger charge is 2.19. The number of rotatable bonds is 7. The number of hydrogen-bond acceptors (Lipinski definition) is 6. The van der Waals surface area contributed by atoms with E-state index in [1.54, 1.807) is 13.0 Å². The maximum Gasteiger partial charge on any atom is 0.317 e. The van der Waals surface area contributed by atoms with Crippen LogP contribution in [-0.2, 0) is 20.9 Å². The lowest BCUT2D eigenvalue weighted by atomic mass is 10.2. The molecule has 0 spiro atoms. The Hall–Kier alpha value is -2.67. The fraction of sp³-hybridized carbons (Fsp3) is 0.333. The third-order valence-corrected chi connectivity index (χ3v) is 5.41. The molecule has 0 bridgehead atoms. The molecular formula is C21H23NO5S. The summed E-state index contributed by atoms with van der Waals surface area (Å²) in [6.07, 6.45) is -0.860. The van der Waals surface area contributed by atoms with Gasteiger partial charge in [0.25, 0.3) is 5.91 Å². The van der Waals surface area contributed by atoms with Gasteiger partial charge in [-0.25, -0.2) is 0 Å². The predicted octanol–water partition coefficient (Wildman–Crippen LogP) is 3.37. The van der Waals surface area contributed by atoms with Crippen LogP contribution < -0.4 is 14.8 Å². The number of thioether (sulfide) groups is 1. The van der Waals surface area contributed by atoms with Crippen molar-refractivity contribution in [1.82, 2.24) is 5.32 Å². The van der Waals surface area contributed by atoms with Gasteiger partial charge in [-0.2, -0.15) is 0 Å². The minimum absolute atomic E-state index is 0.156. The number of carbonyl (C=O) groups is 2. The molecule has 1 aliphatic heterocycles. The van der Waals surface area contributed by atoms with E-state index in [1.165, 1.54) is 17.3 Å². The van der Waals surface area contributed by atoms with Gasteiger partial charge in [0.05, 0.1) is 5.75 Å². The maximum absolute atomic E-state index is 12.2. The highest BCUT2D eigenvalue weighted by atomic mass is 32.2. The molecule has 28 heavy (non-hydrogen) atoms. The molecule has 2 aromatic rings. The van der Waals surface area contributed by atoms with Gasteiger partial charge in [0.2, 0.25) is 6.79 Å². The molecule has 6 nitrogen and oxygen atoms in total. The van der Waals surface area contributed by atoms with Crippen LogP contribution in [-0.4, -0.2) is 30.5 Å². The first kappa shape index (κ1) is 20.1. The van der Waals surface area contributed by atoms with Crippen molar-refractivity contribution in [2.24, 2.45) is 0 Å². The van der Waals surface area contributed by atoms with Crippen molar-refractivity contribution in [3.8, 4) is 11.5 Å². The number of benzene rings is 2. The minimum Gasteiger partial charge on any atom is -0.454 e. The fourth-order valence-corrected chi connectivity index (χ4v) is 3.56. The number of esters is 1. The number of carbonyl (C=O) groups excluding carboxylic acids is 2. The number of hydrogen-bond donors (Lipinski definition) is 1. The molecule has 2 aromatic carbocycles. The summed E-state index contributed by atoms with van der Waals surface area (Å²) in [6.45, 7) is 6.12. The van der Waals surface area contributed by atoms with Gasteiger partial charge in [0.1, 0.15) is 0 Å². The zero-order chi connectivity index (χ0) is 20.1. The van der Waals surface area contributed by atoms with Crippen molar-refractivity contribution in [2.75, 3.05) is 12.5 Å². The van der Waals surface area contributed by atoms with E-state index in [0.717, 1.165) is 16.0 Å². The van der Waals surface area contributed by atoms with Gasteiger partial charge in [-0.3, -0.25) is 9.59 Å². The summed E-state index contributed by atoms with van der Waals surface area (Å²) in [5.74, 6) is 0.746. The third kappa shape index (κ3) is 5.19. The lowest BCUT2D eigenvalue weighted by Gasteiger charge is -2.14. The Bertz CT molecular complexity index is 883. The Balaban J connectivity index is 1.43. The van der Waals surface area contributed by atoms with E-state index in [4.69, 9.17) is 14.2 Å². The molecule has 148 valence electrons. The van der Waals surface area contributed by atoms with Gasteiger partial charge in [0, 0.05) is 11.4 Å². The van der Waals surface area contributed by atoms with Crippen LogP contribution in [0.2, 0.25) is 0 Å². The quantitative estimate of drug-likeness (QED) is 0.566. The highest BCUT2D eigenvalue weighted by Crippen LogP contribution is 2.32. The van der Waals surface area contributed by atoms with E-state index in [0.29, 0.717) is 18.0 Å². The van der Waals surface area contributed by atoms with Crippen molar-refractivity contribution >= 4 is 23.6 Å². The van der Waals surface area contributed by atoms with Crippen LogP contribution in [0.15, 0.2) is 41.3 Å². The molecule has 0 fully saturated rings. The Morgan fingerprint density at radius 3 is 2.71 bits per heavy atom. The highest BCUT2D eigenvalue weighted by molar-refractivity contribution is 8.00. The smallest absolute Gasteiger partial charge is 0.317 e. The second-order valence-corrected chi connectivity index (χ2v) is 7.61. The van der Waals surface area contributed by atoms with E-state index < -0.39 is 12.1 Å². The van der Waals surface area contributed by atoms with Crippen molar-refractivity contribution < 1.29 is 23.8 Å². The Labute approximate surface area is 168 Å². The minimum atomic E-state index is -0.860. The van der Waals surface area contributed by atoms with Crippen LogP contribution in [0.3, 0.4) is 0 Å². The summed E-state index contributed by atoms with van der Waals surface area (Å²) in [5.41, 5.74) is 3.17. The lowest BCUT2D eigenvalue weighted by Crippen LogP contribution is -2.35. The summed E-state index contributed by atoms with van der Waals surface area (Å²) < 4.78 is 15.8. The van der Waals surface area contributed by atoms with E-state index in [2.05, 4.69) is 11.4 Å². The number of fused-ring (bicyclic) bond motifs is 1. The van der Waals surface area contributed by atoms with E-state index in [-0.39, 0.29) is 18.5 Å². The van der Waals surface area contributed by atoms with E-state index >= 15 is 0 Å². The van der Waals surface area contributed by atoms with Crippen LogP contribution in [0.1, 0.15) is 23.6 Å². The Morgan fingerprint density at radius 1 is 1.14 bits per heavy atom. The molecule has 3 rings (SSSR count). The van der Waals surface area contributed by atoms with Gasteiger partial charge in [-0.15, -0.1) is 11.8 Å². The molecule has 0 unspecified atom stereocenters. The summed E-state index contributed by atoms with van der Waals surface area (Å²) in [6, 6.07) is 11.5. The van der Waals surface area contributed by atoms with E-state index in [1.807, 2.05) is 38.1 Å². The average molecular weight is 401 g/mol. The molecule has 0 aliphatic carbocycles. The summed E-state index contributed by atoms with van der Waals surface area (Å²) in [4.78, 5) is 25.3. The van der Waals surface area contributed by atoms with Crippen LogP contribution in [0.4, 0.5) is 0 Å². The third-order valence-electron chi connectivity index (χ3n) is 4.26. The fourth-order valence-electron chi connectivity index (χ4n) is 2.77. The monoisotopic (exact) mass is 401 g/mol. The molecule has 0 radical (unpaired) electrons. The van der Waals surface area contributed by atoms with Crippen LogP contribution in [0.25, 0.3) is 0 Å². The molecule has 0 saturated carbocycles. The lowest BCUT2D eigenvalue weighted by molar-refractivity contribution is -0.152. The second-order valence-electron chi connectivity index (χ2n) is 6.60. The SMILES string of the molecule is Cc1ccc(SCC(=O)O[C@@H](C)C(=O)NCc2ccc3c(c2)OCO3)c(C)c1. The molecule has 0 saturated heterocycles. The molecule has 1 heterocycles. The maximum atomic E-state index is 12.2. The van der Waals surface area contributed by atoms with Crippen molar-refractivity contribution in [1.29, 1.82) is 0 Å². The van der Waals surface area contributed by atoms with Gasteiger partial charge in [-0.05, 0) is 50.1 Å². The Morgan fingerprint density at radius 2 is 1.93 bits per heavy atom. The van der Waals surface area contributed by atoms with Crippen molar-refractivity contribution in [3.63, 3.8) is 0 Å². The Kier molecular flexibility index (Phi) is 6.46. The number of aryl methyl sites for hydroxylation is 2. The van der Waals surface area contributed by atoms with Gasteiger partial charge >= 0.3 is 5.97 Å². The van der Waals surface area contributed by atoms with Crippen LogP contribution in [0, 0.1) is 13.8 Å². The topological polar surface area (TPSA) is 73.9 Å². The normalized spacial score (nSPS) is 13.1. The molecule has 1 atom stereocenters. The average Bonchev–Trinajstić information content (AvgIpc) is 3.13. The van der Waals surface area contributed by atoms with E-state index in [9.17, 15) is 9.59 Å². The molecule has 1 amide bonds. The molecule has 7 heteroatoms. The summed E-state index contributed by atoms with van der Waals surface area (Å²) in [5, 5.41) is 2.77. The summed E-state index contributed by atoms with van der Waals surface area (Å²) in [7, 11) is 0. The van der Waals surface area contributed by atoms with Gasteiger partial charge in [0.15, 0.2) is 17.6 Å². The van der Waals surface area contributed by atoms with Crippen molar-refractivity contribution in [2.45, 2.75) is 38.3 Å². The molecule has 0 aromatic heterocycles. The standard InChI is InChI=1S/C21H23NO5S/c1-13-4-7-19(14(2)8-13)28-11-20(23)27-15(3)21(24)22-10-16-5-6-17-18(9-16)26-12-25-17/h4-9,15H,10-12H2,1-3H3,(H,22,24)/t15-/m0/s1. The molecular weight excluding hydrogens is 378 g/mol. The van der Waals surface area contributed by atoms with Gasteiger partial charge < -0.3 is 19.5 Å². The van der Waals surface area contributed by atoms with Crippen molar-refractivity contribution in [3.05, 3.63) is 53.1 Å². The zero-order valence-corrected chi connectivity index (χ0v) is 16.9. The predicted molar refractivity (Wildman–Crippen MR) is 107 cm³/mol. The first-order valence-corrected chi connectivity index (χ1v) is 9.96. The largest absolute Gasteiger partial charge is 0.454 e. The zero-order valence-electron chi connectivity index (χ0n) is 16.1. The number of amides is 1. The summed E-state index contributed by atoms with van der Waals surface area (Å²) >= 11 is 1.41. The van der Waals surface area contributed by atoms with Crippen LogP contribution >= 0.6 is 11.8 Å². The number of nitrogens with one attached hydrogen (secondary N) is 1. The van der Waals surface area contributed by atoms with Crippen LogP contribution in [0.5, 0.6) is 11.5 Å².